The number of fused-ring (bicyclic) bond motifs is 1. The number of H-pyrrole nitrogens is 1. The lowest BCUT2D eigenvalue weighted by Gasteiger charge is -2.09. The topological polar surface area (TPSA) is 44.9 Å². The number of thioether (sulfide) groups is 1. The maximum Gasteiger partial charge on any atom is 0.251 e. The maximum absolute atomic E-state index is 11.9. The fraction of sp³-hybridized carbons (Fsp3) is 0.308. The molecule has 3 nitrogen and oxygen atoms in total. The van der Waals surface area contributed by atoms with Crippen LogP contribution in [0.15, 0.2) is 30.5 Å². The first-order chi connectivity index (χ1) is 8.20. The van der Waals surface area contributed by atoms with Gasteiger partial charge in [0.25, 0.3) is 5.91 Å². The first-order valence-corrected chi connectivity index (χ1v) is 6.87. The van der Waals surface area contributed by atoms with Gasteiger partial charge in [-0.3, -0.25) is 4.79 Å². The number of hydrogen-bond donors (Lipinski definition) is 2. The summed E-state index contributed by atoms with van der Waals surface area (Å²) in [6.45, 7) is 2.79. The van der Waals surface area contributed by atoms with Crippen LogP contribution in [0.1, 0.15) is 17.3 Å². The molecule has 0 saturated carbocycles. The molecule has 2 rings (SSSR count). The molecule has 1 aromatic carbocycles. The van der Waals surface area contributed by atoms with Crippen LogP contribution in [0.4, 0.5) is 0 Å². The number of hydrogen-bond acceptors (Lipinski definition) is 2. The normalized spacial score (nSPS) is 12.6. The highest BCUT2D eigenvalue weighted by Gasteiger charge is 2.07. The van der Waals surface area contributed by atoms with Crippen LogP contribution in [-0.2, 0) is 0 Å². The molecule has 17 heavy (non-hydrogen) atoms. The average Bonchev–Trinajstić information content (AvgIpc) is 2.82. The highest BCUT2D eigenvalue weighted by Crippen LogP contribution is 2.14. The number of carbonyl (C=O) groups excluding carboxylic acids is 1. The summed E-state index contributed by atoms with van der Waals surface area (Å²) in [5.74, 6) is -0.0117. The molecule has 0 aliphatic rings. The van der Waals surface area contributed by atoms with E-state index in [0.29, 0.717) is 17.4 Å². The molecule has 2 N–H and O–H groups in total. The molecule has 1 amide bonds. The SMILES string of the molecule is CSC(C)CNC(=O)c1ccc2cc[nH]c2c1. The van der Waals surface area contributed by atoms with Gasteiger partial charge in [-0.25, -0.2) is 0 Å². The highest BCUT2D eigenvalue weighted by molar-refractivity contribution is 7.99. The summed E-state index contributed by atoms with van der Waals surface area (Å²) in [7, 11) is 0. The first-order valence-electron chi connectivity index (χ1n) is 5.59. The Labute approximate surface area is 105 Å². The van der Waals surface area contributed by atoms with Crippen molar-refractivity contribution in [1.29, 1.82) is 0 Å². The predicted octanol–water partition coefficient (Wildman–Crippen LogP) is 2.65. The van der Waals surface area contributed by atoms with Crippen molar-refractivity contribution in [2.75, 3.05) is 12.8 Å². The van der Waals surface area contributed by atoms with Gasteiger partial charge < -0.3 is 10.3 Å². The van der Waals surface area contributed by atoms with Crippen molar-refractivity contribution in [3.8, 4) is 0 Å². The second-order valence-corrected chi connectivity index (χ2v) is 5.31. The van der Waals surface area contributed by atoms with Crippen LogP contribution < -0.4 is 5.32 Å². The minimum atomic E-state index is -0.0117. The molecule has 1 atom stereocenters. The second kappa shape index (κ2) is 5.27. The van der Waals surface area contributed by atoms with Gasteiger partial charge in [-0.1, -0.05) is 13.0 Å². The fourth-order valence-corrected chi connectivity index (χ4v) is 1.86. The second-order valence-electron chi connectivity index (χ2n) is 4.04. The molecule has 4 heteroatoms. The minimum Gasteiger partial charge on any atom is -0.361 e. The Kier molecular flexibility index (Phi) is 3.74. The third kappa shape index (κ3) is 2.82. The van der Waals surface area contributed by atoms with Gasteiger partial charge in [-0.05, 0) is 29.8 Å². The smallest absolute Gasteiger partial charge is 0.251 e. The molecule has 0 saturated heterocycles. The summed E-state index contributed by atoms with van der Waals surface area (Å²) in [4.78, 5) is 15.0. The van der Waals surface area contributed by atoms with E-state index in [9.17, 15) is 4.79 Å². The molecular formula is C13H16N2OS. The van der Waals surface area contributed by atoms with Crippen LogP contribution in [0, 0.1) is 0 Å². The molecule has 1 aromatic heterocycles. The molecule has 0 aliphatic heterocycles. The lowest BCUT2D eigenvalue weighted by molar-refractivity contribution is 0.0954. The standard InChI is InChI=1S/C13H16N2OS/c1-9(17-2)8-15-13(16)11-4-3-10-5-6-14-12(10)7-11/h3-7,9,14H,8H2,1-2H3,(H,15,16). The summed E-state index contributed by atoms with van der Waals surface area (Å²) < 4.78 is 0. The number of rotatable bonds is 4. The van der Waals surface area contributed by atoms with Crippen LogP contribution in [0.3, 0.4) is 0 Å². The summed E-state index contributed by atoms with van der Waals surface area (Å²) in [5, 5.41) is 4.50. The first kappa shape index (κ1) is 12.0. The van der Waals surface area contributed by atoms with Crippen molar-refractivity contribution in [2.24, 2.45) is 0 Å². The summed E-state index contributed by atoms with van der Waals surface area (Å²) in [6.07, 6.45) is 3.92. The number of carbonyl (C=O) groups is 1. The van der Waals surface area contributed by atoms with E-state index in [4.69, 9.17) is 0 Å². The van der Waals surface area contributed by atoms with E-state index >= 15 is 0 Å². The van der Waals surface area contributed by atoms with E-state index in [-0.39, 0.29) is 5.91 Å². The zero-order valence-corrected chi connectivity index (χ0v) is 10.8. The number of nitrogens with one attached hydrogen (secondary N) is 2. The summed E-state index contributed by atoms with van der Waals surface area (Å²) in [5.41, 5.74) is 1.70. The Morgan fingerprint density at radius 1 is 1.47 bits per heavy atom. The van der Waals surface area contributed by atoms with E-state index in [0.717, 1.165) is 10.9 Å². The van der Waals surface area contributed by atoms with Gasteiger partial charge >= 0.3 is 0 Å². The predicted molar refractivity (Wildman–Crippen MR) is 73.6 cm³/mol. The van der Waals surface area contributed by atoms with Gasteiger partial charge in [-0.15, -0.1) is 0 Å². The zero-order chi connectivity index (χ0) is 12.3. The van der Waals surface area contributed by atoms with Gasteiger partial charge in [0.2, 0.25) is 0 Å². The monoisotopic (exact) mass is 248 g/mol. The van der Waals surface area contributed by atoms with Crippen LogP contribution in [0.5, 0.6) is 0 Å². The molecule has 1 unspecified atom stereocenters. The number of aromatic amines is 1. The molecule has 90 valence electrons. The van der Waals surface area contributed by atoms with Crippen molar-refractivity contribution < 1.29 is 4.79 Å². The molecule has 0 bridgehead atoms. The molecule has 1 heterocycles. The molecule has 0 fully saturated rings. The van der Waals surface area contributed by atoms with Crippen molar-refractivity contribution in [2.45, 2.75) is 12.2 Å². The number of aromatic nitrogens is 1. The van der Waals surface area contributed by atoms with Crippen molar-refractivity contribution >= 4 is 28.6 Å². The molecule has 0 radical (unpaired) electrons. The fourth-order valence-electron chi connectivity index (χ4n) is 1.61. The highest BCUT2D eigenvalue weighted by atomic mass is 32.2. The van der Waals surface area contributed by atoms with Crippen molar-refractivity contribution in [3.05, 3.63) is 36.0 Å². The van der Waals surface area contributed by atoms with Gasteiger partial charge in [0, 0.05) is 29.1 Å². The third-order valence-electron chi connectivity index (χ3n) is 2.77. The Morgan fingerprint density at radius 2 is 2.29 bits per heavy atom. The van der Waals surface area contributed by atoms with E-state index in [2.05, 4.69) is 17.2 Å². The van der Waals surface area contributed by atoms with E-state index in [1.807, 2.05) is 36.7 Å². The minimum absolute atomic E-state index is 0.0117. The Bertz CT molecular complexity index is 521. The molecule has 0 spiro atoms. The van der Waals surface area contributed by atoms with Crippen LogP contribution in [0.25, 0.3) is 10.9 Å². The molecule has 0 aliphatic carbocycles. The Hall–Kier alpha value is -1.42. The van der Waals surface area contributed by atoms with Gasteiger partial charge in [0.15, 0.2) is 0 Å². The van der Waals surface area contributed by atoms with Crippen LogP contribution >= 0.6 is 11.8 Å². The van der Waals surface area contributed by atoms with Gasteiger partial charge in [0.1, 0.15) is 0 Å². The number of benzene rings is 1. The van der Waals surface area contributed by atoms with Crippen LogP contribution in [-0.4, -0.2) is 28.9 Å². The van der Waals surface area contributed by atoms with E-state index in [1.54, 1.807) is 11.8 Å². The molecule has 2 aromatic rings. The van der Waals surface area contributed by atoms with E-state index < -0.39 is 0 Å². The maximum atomic E-state index is 11.9. The average molecular weight is 248 g/mol. The molecular weight excluding hydrogens is 232 g/mol. The van der Waals surface area contributed by atoms with Crippen molar-refractivity contribution in [3.63, 3.8) is 0 Å². The largest absolute Gasteiger partial charge is 0.361 e. The van der Waals surface area contributed by atoms with E-state index in [1.165, 1.54) is 0 Å². The summed E-state index contributed by atoms with van der Waals surface area (Å²) >= 11 is 1.74. The van der Waals surface area contributed by atoms with Gasteiger partial charge in [0.05, 0.1) is 0 Å². The summed E-state index contributed by atoms with van der Waals surface area (Å²) in [6, 6.07) is 7.69. The zero-order valence-electron chi connectivity index (χ0n) is 9.99. The Balaban J connectivity index is 2.08. The number of amides is 1. The van der Waals surface area contributed by atoms with Crippen LogP contribution in [0.2, 0.25) is 0 Å². The third-order valence-corrected chi connectivity index (χ3v) is 3.74. The van der Waals surface area contributed by atoms with Crippen molar-refractivity contribution in [1.82, 2.24) is 10.3 Å². The van der Waals surface area contributed by atoms with Gasteiger partial charge in [-0.2, -0.15) is 11.8 Å². The quantitative estimate of drug-likeness (QED) is 0.873. The Morgan fingerprint density at radius 3 is 3.06 bits per heavy atom. The lowest BCUT2D eigenvalue weighted by atomic mass is 10.1. The lowest BCUT2D eigenvalue weighted by Crippen LogP contribution is -2.29.